The van der Waals surface area contributed by atoms with E-state index in [0.717, 1.165) is 0 Å². The molecule has 0 fully saturated rings. The molecule has 0 bridgehead atoms. The van der Waals surface area contributed by atoms with Crippen LogP contribution in [0.25, 0.3) is 0 Å². The van der Waals surface area contributed by atoms with Gasteiger partial charge in [0.15, 0.2) is 11.6 Å². The van der Waals surface area contributed by atoms with Crippen LogP contribution in [0.15, 0.2) is 35.6 Å². The van der Waals surface area contributed by atoms with Crippen molar-refractivity contribution < 1.29 is 49.4 Å². The maximum Gasteiger partial charge on any atom is 1.00 e. The maximum absolute atomic E-state index is 11.8. The van der Waals surface area contributed by atoms with E-state index in [0.29, 0.717) is 0 Å². The van der Waals surface area contributed by atoms with Gasteiger partial charge in [-0.05, 0) is 12.0 Å². The average Bonchev–Trinajstić information content (AvgIpc) is 2.32. The molecule has 1 aromatic rings. The van der Waals surface area contributed by atoms with E-state index in [-0.39, 0.29) is 59.3 Å². The average molecular weight is 240 g/mol. The standard InChI is InChI=1S/C12H10O4.Na/c13-6-5-9-10(14)7-3-1-2-4-8(7)11(15)12(9)16;/h1-4,13,16H,5-6H2;/q;+1/p-1. The van der Waals surface area contributed by atoms with Crippen LogP contribution in [0, 0.1) is 0 Å². The minimum atomic E-state index is -0.794. The molecule has 0 spiro atoms. The number of benzene rings is 1. The fourth-order valence-corrected chi connectivity index (χ4v) is 1.74. The van der Waals surface area contributed by atoms with Crippen molar-refractivity contribution in [2.45, 2.75) is 6.42 Å². The molecule has 2 rings (SSSR count). The number of rotatable bonds is 2. The van der Waals surface area contributed by atoms with E-state index >= 15 is 0 Å². The predicted octanol–water partition coefficient (Wildman–Crippen LogP) is -2.93. The Morgan fingerprint density at radius 1 is 1.06 bits per heavy atom. The molecular formula is C12H9NaO4. The van der Waals surface area contributed by atoms with E-state index < -0.39 is 17.3 Å². The van der Waals surface area contributed by atoms with Gasteiger partial charge in [0.05, 0.1) is 0 Å². The second-order valence-corrected chi connectivity index (χ2v) is 3.49. The first kappa shape index (κ1) is 14.1. The van der Waals surface area contributed by atoms with Crippen molar-refractivity contribution in [1.82, 2.24) is 0 Å². The molecule has 0 radical (unpaired) electrons. The van der Waals surface area contributed by atoms with Crippen molar-refractivity contribution in [3.8, 4) is 0 Å². The third kappa shape index (κ3) is 2.35. The minimum Gasteiger partial charge on any atom is -0.870 e. The Bertz CT molecular complexity index is 505. The van der Waals surface area contributed by atoms with Gasteiger partial charge in [-0.2, -0.15) is 0 Å². The zero-order chi connectivity index (χ0) is 11.7. The van der Waals surface area contributed by atoms with Gasteiger partial charge in [-0.15, -0.1) is 0 Å². The third-order valence-electron chi connectivity index (χ3n) is 2.53. The van der Waals surface area contributed by atoms with Crippen molar-refractivity contribution in [3.05, 3.63) is 46.7 Å². The molecule has 0 aromatic heterocycles. The molecule has 0 unspecified atom stereocenters. The number of ketones is 2. The number of carbonyl (C=O) groups excluding carboxylic acids is 2. The maximum atomic E-state index is 11.8. The molecular weight excluding hydrogens is 231 g/mol. The van der Waals surface area contributed by atoms with Crippen LogP contribution in [-0.2, 0) is 0 Å². The normalized spacial score (nSPS) is 14.4. The first-order chi connectivity index (χ1) is 7.66. The predicted molar refractivity (Wildman–Crippen MR) is 53.8 cm³/mol. The zero-order valence-electron chi connectivity index (χ0n) is 9.40. The summed E-state index contributed by atoms with van der Waals surface area (Å²) in [5, 5.41) is 20.3. The summed E-state index contributed by atoms with van der Waals surface area (Å²) in [6.45, 7) is -0.317. The van der Waals surface area contributed by atoms with E-state index in [9.17, 15) is 14.7 Å². The van der Waals surface area contributed by atoms with E-state index in [4.69, 9.17) is 5.11 Å². The second kappa shape index (κ2) is 5.60. The Kier molecular flexibility index (Phi) is 4.65. The summed E-state index contributed by atoms with van der Waals surface area (Å²) >= 11 is 0. The first-order valence-corrected chi connectivity index (χ1v) is 4.86. The Labute approximate surface area is 120 Å². The van der Waals surface area contributed by atoms with Gasteiger partial charge in [-0.1, -0.05) is 30.0 Å². The largest absolute Gasteiger partial charge is 1.00 e. The van der Waals surface area contributed by atoms with Crippen LogP contribution in [0.1, 0.15) is 27.1 Å². The smallest absolute Gasteiger partial charge is 0.870 e. The molecule has 4 nitrogen and oxygen atoms in total. The summed E-state index contributed by atoms with van der Waals surface area (Å²) in [4.78, 5) is 23.5. The van der Waals surface area contributed by atoms with E-state index in [2.05, 4.69) is 0 Å². The zero-order valence-corrected chi connectivity index (χ0v) is 11.4. The SMILES string of the molecule is O=C1C([O-])=C(CCO)C(=O)c2ccccc21.[Na+]. The third-order valence-corrected chi connectivity index (χ3v) is 2.53. The van der Waals surface area contributed by atoms with Gasteiger partial charge in [-0.25, -0.2) is 0 Å². The molecule has 0 amide bonds. The second-order valence-electron chi connectivity index (χ2n) is 3.49. The van der Waals surface area contributed by atoms with Gasteiger partial charge >= 0.3 is 29.6 Å². The molecule has 1 aromatic carbocycles. The van der Waals surface area contributed by atoms with Crippen LogP contribution in [0.3, 0.4) is 0 Å². The van der Waals surface area contributed by atoms with Crippen LogP contribution in [-0.4, -0.2) is 23.3 Å². The number of Topliss-reactive ketones (excluding diaryl/α,β-unsaturated/α-hetero) is 2. The fourth-order valence-electron chi connectivity index (χ4n) is 1.74. The van der Waals surface area contributed by atoms with Gasteiger partial charge in [0.25, 0.3) is 0 Å². The molecule has 0 aliphatic heterocycles. The number of carbonyl (C=O) groups is 2. The van der Waals surface area contributed by atoms with Gasteiger partial charge in [0.2, 0.25) is 0 Å². The Hall–Kier alpha value is -0.940. The quantitative estimate of drug-likeness (QED) is 0.561. The molecule has 82 valence electrons. The molecule has 0 heterocycles. The van der Waals surface area contributed by atoms with Crippen molar-refractivity contribution in [2.75, 3.05) is 6.61 Å². The summed E-state index contributed by atoms with van der Waals surface area (Å²) in [5.74, 6) is -1.91. The first-order valence-electron chi connectivity index (χ1n) is 4.86. The minimum absolute atomic E-state index is 0. The topological polar surface area (TPSA) is 77.4 Å². The molecule has 0 saturated carbocycles. The fraction of sp³-hybridized carbons (Fsp3) is 0.167. The number of aliphatic hydroxyl groups is 1. The van der Waals surface area contributed by atoms with Crippen molar-refractivity contribution in [2.24, 2.45) is 0 Å². The van der Waals surface area contributed by atoms with Crippen LogP contribution in [0.2, 0.25) is 0 Å². The summed E-state index contributed by atoms with van der Waals surface area (Å²) in [7, 11) is 0. The van der Waals surface area contributed by atoms with Crippen molar-refractivity contribution >= 4 is 11.6 Å². The molecule has 17 heavy (non-hydrogen) atoms. The van der Waals surface area contributed by atoms with E-state index in [1.807, 2.05) is 0 Å². The van der Waals surface area contributed by atoms with Crippen molar-refractivity contribution in [3.63, 3.8) is 0 Å². The Morgan fingerprint density at radius 3 is 2.12 bits per heavy atom. The summed E-state index contributed by atoms with van der Waals surface area (Å²) in [5.41, 5.74) is 0.279. The monoisotopic (exact) mass is 240 g/mol. The van der Waals surface area contributed by atoms with Gasteiger partial charge in [-0.3, -0.25) is 9.59 Å². The molecule has 0 atom stereocenters. The van der Waals surface area contributed by atoms with E-state index in [1.54, 1.807) is 12.1 Å². The van der Waals surface area contributed by atoms with Crippen molar-refractivity contribution in [1.29, 1.82) is 0 Å². The van der Waals surface area contributed by atoms with E-state index in [1.165, 1.54) is 12.1 Å². The molecule has 5 heteroatoms. The van der Waals surface area contributed by atoms with Crippen LogP contribution in [0.4, 0.5) is 0 Å². The number of allylic oxidation sites excluding steroid dienone is 1. The summed E-state index contributed by atoms with van der Waals surface area (Å²) in [6, 6.07) is 6.22. The van der Waals surface area contributed by atoms with Crippen LogP contribution in [0.5, 0.6) is 0 Å². The van der Waals surface area contributed by atoms with Gasteiger partial charge in [0.1, 0.15) is 0 Å². The van der Waals surface area contributed by atoms with Gasteiger partial charge < -0.3 is 10.2 Å². The molecule has 1 aliphatic rings. The summed E-state index contributed by atoms with van der Waals surface area (Å²) < 4.78 is 0. The van der Waals surface area contributed by atoms with Crippen LogP contribution >= 0.6 is 0 Å². The number of hydrogen-bond acceptors (Lipinski definition) is 4. The molecule has 1 N–H and O–H groups in total. The summed E-state index contributed by atoms with van der Waals surface area (Å²) in [6.07, 6.45) is -0.0717. The van der Waals surface area contributed by atoms with Crippen LogP contribution < -0.4 is 34.7 Å². The number of aliphatic hydroxyl groups excluding tert-OH is 1. The Morgan fingerprint density at radius 2 is 1.59 bits per heavy atom. The molecule has 0 saturated heterocycles. The Balaban J connectivity index is 0.00000144. The number of hydrogen-bond donors (Lipinski definition) is 1. The number of fused-ring (bicyclic) bond motifs is 1. The molecule has 1 aliphatic carbocycles. The van der Waals surface area contributed by atoms with Gasteiger partial charge in [0, 0.05) is 17.7 Å².